The third kappa shape index (κ3) is 3.93. The summed E-state index contributed by atoms with van der Waals surface area (Å²) in [6, 6.07) is 0. The molecule has 2 rings (SSSR count). The minimum atomic E-state index is -3.46. The monoisotopic (exact) mass is 317 g/mol. The summed E-state index contributed by atoms with van der Waals surface area (Å²) in [6.07, 6.45) is 5.92. The van der Waals surface area contributed by atoms with Crippen LogP contribution in [0.5, 0.6) is 0 Å². The number of thiazole rings is 1. The Bertz CT molecular complexity index is 554. The maximum atomic E-state index is 12.2. The minimum absolute atomic E-state index is 0.243. The molecule has 1 aliphatic rings. The van der Waals surface area contributed by atoms with E-state index in [0.717, 1.165) is 23.7 Å². The highest BCUT2D eigenvalue weighted by Crippen LogP contribution is 2.30. The molecule has 5 nitrogen and oxygen atoms in total. The van der Waals surface area contributed by atoms with Gasteiger partial charge in [0.1, 0.15) is 0 Å². The lowest BCUT2D eigenvalue weighted by molar-refractivity contribution is 0.271. The molecule has 1 aliphatic carbocycles. The second kappa shape index (κ2) is 6.41. The molecule has 2 atom stereocenters. The average Bonchev–Trinajstić information content (AvgIpc) is 2.69. The smallest absolute Gasteiger partial charge is 0.252 e. The molecule has 0 aliphatic heterocycles. The van der Waals surface area contributed by atoms with Gasteiger partial charge in [-0.05, 0) is 31.6 Å². The second-order valence-corrected chi connectivity index (χ2v) is 8.74. The van der Waals surface area contributed by atoms with E-state index in [9.17, 15) is 8.42 Å². The summed E-state index contributed by atoms with van der Waals surface area (Å²) in [5.74, 6) is 1.42. The summed E-state index contributed by atoms with van der Waals surface area (Å²) in [7, 11) is -3.46. The van der Waals surface area contributed by atoms with Crippen LogP contribution in [0.3, 0.4) is 0 Å². The molecular weight excluding hydrogens is 294 g/mol. The first-order valence-electron chi connectivity index (χ1n) is 7.11. The van der Waals surface area contributed by atoms with Crippen molar-refractivity contribution in [1.29, 1.82) is 0 Å². The molecule has 1 heterocycles. The van der Waals surface area contributed by atoms with Crippen LogP contribution in [0.4, 0.5) is 5.13 Å². The third-order valence-electron chi connectivity index (χ3n) is 3.90. The zero-order chi connectivity index (χ0) is 14.8. The van der Waals surface area contributed by atoms with Crippen molar-refractivity contribution in [3.63, 3.8) is 0 Å². The lowest BCUT2D eigenvalue weighted by atomic mass is 9.81. The van der Waals surface area contributed by atoms with Crippen LogP contribution in [0.2, 0.25) is 0 Å². The SMILES string of the molecule is Cc1nc(N)sc1S(=O)(=O)NCCC1CCCC(C)C1. The van der Waals surface area contributed by atoms with Crippen LogP contribution in [-0.4, -0.2) is 19.9 Å². The maximum absolute atomic E-state index is 12.2. The molecule has 114 valence electrons. The predicted octanol–water partition coefficient (Wildman–Crippen LogP) is 2.53. The van der Waals surface area contributed by atoms with Crippen molar-refractivity contribution in [2.75, 3.05) is 12.3 Å². The molecular formula is C13H23N3O2S2. The van der Waals surface area contributed by atoms with Crippen LogP contribution in [0.25, 0.3) is 0 Å². The Morgan fingerprint density at radius 1 is 1.45 bits per heavy atom. The number of hydrogen-bond donors (Lipinski definition) is 2. The molecule has 0 spiro atoms. The zero-order valence-electron chi connectivity index (χ0n) is 12.1. The van der Waals surface area contributed by atoms with Gasteiger partial charge in [-0.15, -0.1) is 0 Å². The lowest BCUT2D eigenvalue weighted by Gasteiger charge is -2.26. The fourth-order valence-corrected chi connectivity index (χ4v) is 5.33. The van der Waals surface area contributed by atoms with E-state index in [1.54, 1.807) is 6.92 Å². The molecule has 0 aromatic carbocycles. The average molecular weight is 317 g/mol. The van der Waals surface area contributed by atoms with Crippen molar-refractivity contribution in [2.45, 2.75) is 50.2 Å². The van der Waals surface area contributed by atoms with Crippen LogP contribution in [0.15, 0.2) is 4.21 Å². The summed E-state index contributed by atoms with van der Waals surface area (Å²) >= 11 is 1.02. The number of nitrogens with zero attached hydrogens (tertiary/aromatic N) is 1. The quantitative estimate of drug-likeness (QED) is 0.874. The molecule has 2 unspecified atom stereocenters. The number of anilines is 1. The van der Waals surface area contributed by atoms with E-state index in [2.05, 4.69) is 16.6 Å². The second-order valence-electron chi connectivity index (χ2n) is 5.75. The van der Waals surface area contributed by atoms with E-state index in [0.29, 0.717) is 23.3 Å². The van der Waals surface area contributed by atoms with Gasteiger partial charge in [-0.25, -0.2) is 18.1 Å². The van der Waals surface area contributed by atoms with Crippen molar-refractivity contribution < 1.29 is 8.42 Å². The largest absolute Gasteiger partial charge is 0.375 e. The van der Waals surface area contributed by atoms with Gasteiger partial charge in [-0.1, -0.05) is 37.5 Å². The number of nitrogens with one attached hydrogen (secondary N) is 1. The highest BCUT2D eigenvalue weighted by Gasteiger charge is 2.22. The van der Waals surface area contributed by atoms with E-state index in [1.807, 2.05) is 0 Å². The maximum Gasteiger partial charge on any atom is 0.252 e. The van der Waals surface area contributed by atoms with Crippen LogP contribution in [0, 0.1) is 18.8 Å². The summed E-state index contributed by atoms with van der Waals surface area (Å²) in [4.78, 5) is 3.96. The van der Waals surface area contributed by atoms with Gasteiger partial charge in [0.2, 0.25) is 0 Å². The highest BCUT2D eigenvalue weighted by molar-refractivity contribution is 7.91. The van der Waals surface area contributed by atoms with Crippen LogP contribution < -0.4 is 10.5 Å². The van der Waals surface area contributed by atoms with Gasteiger partial charge in [0.25, 0.3) is 10.0 Å². The van der Waals surface area contributed by atoms with Gasteiger partial charge in [0.05, 0.1) is 5.69 Å². The van der Waals surface area contributed by atoms with Crippen molar-refractivity contribution in [1.82, 2.24) is 9.71 Å². The molecule has 0 saturated heterocycles. The molecule has 1 aromatic rings. The summed E-state index contributed by atoms with van der Waals surface area (Å²) < 4.78 is 27.3. The van der Waals surface area contributed by atoms with E-state index < -0.39 is 10.0 Å². The van der Waals surface area contributed by atoms with Crippen molar-refractivity contribution in [2.24, 2.45) is 11.8 Å². The Kier molecular flexibility index (Phi) is 5.04. The number of nitrogens with two attached hydrogens (primary N) is 1. The van der Waals surface area contributed by atoms with Crippen molar-refractivity contribution >= 4 is 26.5 Å². The Labute approximate surface area is 125 Å². The van der Waals surface area contributed by atoms with Crippen LogP contribution in [0.1, 0.15) is 44.7 Å². The van der Waals surface area contributed by atoms with Crippen LogP contribution in [-0.2, 0) is 10.0 Å². The highest BCUT2D eigenvalue weighted by atomic mass is 32.2. The summed E-state index contributed by atoms with van der Waals surface area (Å²) in [5.41, 5.74) is 6.03. The Morgan fingerprint density at radius 3 is 2.80 bits per heavy atom. The normalized spacial score (nSPS) is 23.9. The first kappa shape index (κ1) is 15.7. The van der Waals surface area contributed by atoms with Gasteiger partial charge in [-0.2, -0.15) is 0 Å². The number of rotatable bonds is 5. The van der Waals surface area contributed by atoms with E-state index >= 15 is 0 Å². The van der Waals surface area contributed by atoms with Crippen molar-refractivity contribution in [3.05, 3.63) is 5.69 Å². The Balaban J connectivity index is 1.88. The topological polar surface area (TPSA) is 85.1 Å². The molecule has 1 fully saturated rings. The predicted molar refractivity (Wildman–Crippen MR) is 82.2 cm³/mol. The molecule has 7 heteroatoms. The first-order valence-corrected chi connectivity index (χ1v) is 9.41. The molecule has 1 aromatic heterocycles. The molecule has 3 N–H and O–H groups in total. The standard InChI is InChI=1S/C13H23N3O2S2/c1-9-4-3-5-11(8-9)6-7-15-20(17,18)12-10(2)16-13(14)19-12/h9,11,15H,3-8H2,1-2H3,(H2,14,16). The number of aromatic nitrogens is 1. The molecule has 0 radical (unpaired) electrons. The molecule has 1 saturated carbocycles. The van der Waals surface area contributed by atoms with E-state index in [1.165, 1.54) is 25.7 Å². The first-order chi connectivity index (χ1) is 9.38. The Morgan fingerprint density at radius 2 is 2.20 bits per heavy atom. The fraction of sp³-hybridized carbons (Fsp3) is 0.769. The van der Waals surface area contributed by atoms with Gasteiger partial charge in [-0.3, -0.25) is 0 Å². The third-order valence-corrected chi connectivity index (χ3v) is 6.96. The number of sulfonamides is 1. The van der Waals surface area contributed by atoms with Gasteiger partial charge in [0.15, 0.2) is 9.34 Å². The van der Waals surface area contributed by atoms with Gasteiger partial charge >= 0.3 is 0 Å². The Hall–Kier alpha value is -0.660. The number of aryl methyl sites for hydroxylation is 1. The molecule has 20 heavy (non-hydrogen) atoms. The van der Waals surface area contributed by atoms with Crippen LogP contribution >= 0.6 is 11.3 Å². The number of nitrogen functional groups attached to an aromatic ring is 1. The summed E-state index contributed by atoms with van der Waals surface area (Å²) in [6.45, 7) is 4.45. The van der Waals surface area contributed by atoms with E-state index in [4.69, 9.17) is 5.73 Å². The van der Waals surface area contributed by atoms with Gasteiger partial charge < -0.3 is 5.73 Å². The zero-order valence-corrected chi connectivity index (χ0v) is 13.7. The lowest BCUT2D eigenvalue weighted by Crippen LogP contribution is -2.27. The minimum Gasteiger partial charge on any atom is -0.375 e. The number of hydrogen-bond acceptors (Lipinski definition) is 5. The molecule has 0 bridgehead atoms. The molecule has 0 amide bonds. The van der Waals surface area contributed by atoms with Crippen molar-refractivity contribution in [3.8, 4) is 0 Å². The van der Waals surface area contributed by atoms with Gasteiger partial charge in [0, 0.05) is 6.54 Å². The van der Waals surface area contributed by atoms with E-state index in [-0.39, 0.29) is 4.21 Å². The fourth-order valence-electron chi connectivity index (χ4n) is 2.94. The summed E-state index contributed by atoms with van der Waals surface area (Å²) in [5, 5.41) is 0.295.